The summed E-state index contributed by atoms with van der Waals surface area (Å²) in [6.07, 6.45) is 0. The molecular formula is C8H6ClNO2S. The molecule has 0 fully saturated rings. The fourth-order valence-corrected chi connectivity index (χ4v) is 1.60. The average Bonchev–Trinajstić information content (AvgIpc) is 2.43. The van der Waals surface area contributed by atoms with Gasteiger partial charge in [0.05, 0.1) is 11.6 Å². The van der Waals surface area contributed by atoms with E-state index in [2.05, 4.69) is 16.8 Å². The van der Waals surface area contributed by atoms with Gasteiger partial charge in [-0.3, -0.25) is 0 Å². The van der Waals surface area contributed by atoms with Gasteiger partial charge in [0, 0.05) is 0 Å². The van der Waals surface area contributed by atoms with Crippen molar-refractivity contribution in [3.8, 4) is 11.8 Å². The highest BCUT2D eigenvalue weighted by atomic mass is 35.5. The van der Waals surface area contributed by atoms with Crippen molar-refractivity contribution in [3.05, 3.63) is 15.6 Å². The standard InChI is InChI=1S/C8H6ClNO2S/c1-5-7(8(11)12)13-6(10-5)3-2-4-9/h4H2,1H3,(H,11,12). The molecule has 0 aliphatic carbocycles. The zero-order chi connectivity index (χ0) is 9.84. The van der Waals surface area contributed by atoms with Gasteiger partial charge in [-0.2, -0.15) is 0 Å². The van der Waals surface area contributed by atoms with Crippen LogP contribution in [0.2, 0.25) is 0 Å². The highest BCUT2D eigenvalue weighted by Crippen LogP contribution is 2.16. The van der Waals surface area contributed by atoms with Gasteiger partial charge in [-0.15, -0.1) is 11.6 Å². The van der Waals surface area contributed by atoms with E-state index in [1.165, 1.54) is 0 Å². The average molecular weight is 216 g/mol. The molecule has 0 saturated carbocycles. The first-order valence-corrected chi connectivity index (χ1v) is 4.76. The second kappa shape index (κ2) is 4.26. The molecule has 5 heteroatoms. The molecule has 0 amide bonds. The fraction of sp³-hybridized carbons (Fsp3) is 0.250. The topological polar surface area (TPSA) is 50.2 Å². The second-order valence-electron chi connectivity index (χ2n) is 2.17. The minimum absolute atomic E-state index is 0.223. The number of halogens is 1. The summed E-state index contributed by atoms with van der Waals surface area (Å²) < 4.78 is 0. The number of aromatic nitrogens is 1. The summed E-state index contributed by atoms with van der Waals surface area (Å²) in [7, 11) is 0. The van der Waals surface area contributed by atoms with Crippen LogP contribution in [0.5, 0.6) is 0 Å². The number of alkyl halides is 1. The number of nitrogens with zero attached hydrogens (tertiary/aromatic N) is 1. The van der Waals surface area contributed by atoms with Gasteiger partial charge in [0.15, 0.2) is 5.01 Å². The van der Waals surface area contributed by atoms with Gasteiger partial charge >= 0.3 is 5.97 Å². The van der Waals surface area contributed by atoms with Crippen LogP contribution >= 0.6 is 22.9 Å². The molecule has 3 nitrogen and oxygen atoms in total. The third-order valence-corrected chi connectivity index (χ3v) is 2.45. The maximum Gasteiger partial charge on any atom is 0.347 e. The lowest BCUT2D eigenvalue weighted by Crippen LogP contribution is -1.94. The molecule has 68 valence electrons. The van der Waals surface area contributed by atoms with E-state index < -0.39 is 5.97 Å². The minimum atomic E-state index is -0.964. The second-order valence-corrected chi connectivity index (χ2v) is 3.44. The van der Waals surface area contributed by atoms with Gasteiger partial charge in [0.2, 0.25) is 0 Å². The monoisotopic (exact) mass is 215 g/mol. The third kappa shape index (κ3) is 2.44. The van der Waals surface area contributed by atoms with Crippen LogP contribution in [0.3, 0.4) is 0 Å². The molecule has 0 saturated heterocycles. The van der Waals surface area contributed by atoms with E-state index in [-0.39, 0.29) is 10.8 Å². The van der Waals surface area contributed by atoms with Gasteiger partial charge in [-0.05, 0) is 12.8 Å². The Morgan fingerprint density at radius 2 is 2.46 bits per heavy atom. The number of carboxylic acid groups (broad SMARTS) is 1. The smallest absolute Gasteiger partial charge is 0.347 e. The summed E-state index contributed by atoms with van der Waals surface area (Å²) in [4.78, 5) is 14.8. The number of hydrogen-bond donors (Lipinski definition) is 1. The molecular weight excluding hydrogens is 210 g/mol. The maximum absolute atomic E-state index is 10.6. The number of thiazole rings is 1. The summed E-state index contributed by atoms with van der Waals surface area (Å²) in [5, 5.41) is 9.20. The van der Waals surface area contributed by atoms with E-state index in [4.69, 9.17) is 16.7 Å². The van der Waals surface area contributed by atoms with Gasteiger partial charge in [-0.1, -0.05) is 17.3 Å². The molecule has 0 aliphatic heterocycles. The summed E-state index contributed by atoms with van der Waals surface area (Å²) >= 11 is 6.41. The Bertz CT molecular complexity index is 389. The van der Waals surface area contributed by atoms with E-state index in [9.17, 15) is 4.79 Å². The van der Waals surface area contributed by atoms with Gasteiger partial charge < -0.3 is 5.11 Å². The molecule has 1 N–H and O–H groups in total. The number of rotatable bonds is 1. The van der Waals surface area contributed by atoms with Crippen LogP contribution < -0.4 is 0 Å². The molecule has 0 unspecified atom stereocenters. The number of carboxylic acids is 1. The van der Waals surface area contributed by atoms with E-state index in [0.29, 0.717) is 10.7 Å². The van der Waals surface area contributed by atoms with Crippen LogP contribution in [0.4, 0.5) is 0 Å². The minimum Gasteiger partial charge on any atom is -0.477 e. The Hall–Kier alpha value is -1.05. The number of carbonyl (C=O) groups is 1. The van der Waals surface area contributed by atoms with E-state index >= 15 is 0 Å². The Morgan fingerprint density at radius 3 is 2.92 bits per heavy atom. The summed E-state index contributed by atoms with van der Waals surface area (Å²) in [6, 6.07) is 0. The van der Waals surface area contributed by atoms with Crippen LogP contribution in [0.25, 0.3) is 0 Å². The first-order valence-electron chi connectivity index (χ1n) is 3.40. The van der Waals surface area contributed by atoms with Crippen molar-refractivity contribution < 1.29 is 9.90 Å². The number of aryl methyl sites for hydroxylation is 1. The SMILES string of the molecule is Cc1nc(C#CCCl)sc1C(=O)O. The van der Waals surface area contributed by atoms with E-state index in [0.717, 1.165) is 11.3 Å². The quantitative estimate of drug-likeness (QED) is 0.574. The van der Waals surface area contributed by atoms with E-state index in [1.807, 2.05) is 0 Å². The van der Waals surface area contributed by atoms with Crippen molar-refractivity contribution in [2.75, 3.05) is 5.88 Å². The highest BCUT2D eigenvalue weighted by molar-refractivity contribution is 7.14. The van der Waals surface area contributed by atoms with Crippen molar-refractivity contribution in [1.29, 1.82) is 0 Å². The predicted octanol–water partition coefficient (Wildman–Crippen LogP) is 1.74. The molecule has 0 radical (unpaired) electrons. The molecule has 13 heavy (non-hydrogen) atoms. The highest BCUT2D eigenvalue weighted by Gasteiger charge is 2.12. The van der Waals surface area contributed by atoms with Crippen LogP contribution in [0, 0.1) is 18.8 Å². The first-order chi connectivity index (χ1) is 6.15. The summed E-state index contributed by atoms with van der Waals surface area (Å²) in [5.41, 5.74) is 0.497. The van der Waals surface area contributed by atoms with Crippen molar-refractivity contribution in [2.24, 2.45) is 0 Å². The van der Waals surface area contributed by atoms with Crippen molar-refractivity contribution >= 4 is 28.9 Å². The van der Waals surface area contributed by atoms with Crippen LogP contribution in [-0.4, -0.2) is 21.9 Å². The number of hydrogen-bond acceptors (Lipinski definition) is 3. The molecule has 0 bridgehead atoms. The lowest BCUT2D eigenvalue weighted by atomic mass is 10.4. The molecule has 1 rings (SSSR count). The van der Waals surface area contributed by atoms with E-state index in [1.54, 1.807) is 6.92 Å². The van der Waals surface area contributed by atoms with Crippen LogP contribution in [-0.2, 0) is 0 Å². The zero-order valence-corrected chi connectivity index (χ0v) is 8.37. The Labute approximate surface area is 84.4 Å². The van der Waals surface area contributed by atoms with Gasteiger partial charge in [0.25, 0.3) is 0 Å². The summed E-state index contributed by atoms with van der Waals surface area (Å²) in [5.74, 6) is 4.55. The first kappa shape index (κ1) is 10.0. The molecule has 0 atom stereocenters. The van der Waals surface area contributed by atoms with Crippen molar-refractivity contribution in [3.63, 3.8) is 0 Å². The lowest BCUT2D eigenvalue weighted by molar-refractivity contribution is 0.0701. The Balaban J connectivity index is 3.02. The molecule has 1 aromatic rings. The molecule has 0 aliphatic rings. The Kier molecular flexibility index (Phi) is 3.29. The van der Waals surface area contributed by atoms with Crippen molar-refractivity contribution in [2.45, 2.75) is 6.92 Å². The number of aromatic carboxylic acids is 1. The summed E-state index contributed by atoms with van der Waals surface area (Å²) in [6.45, 7) is 1.64. The molecule has 0 spiro atoms. The van der Waals surface area contributed by atoms with Gasteiger partial charge in [0.1, 0.15) is 4.88 Å². The predicted molar refractivity (Wildman–Crippen MR) is 51.4 cm³/mol. The molecule has 1 heterocycles. The van der Waals surface area contributed by atoms with Crippen LogP contribution in [0.15, 0.2) is 0 Å². The fourth-order valence-electron chi connectivity index (χ4n) is 0.757. The largest absolute Gasteiger partial charge is 0.477 e. The van der Waals surface area contributed by atoms with Gasteiger partial charge in [-0.25, -0.2) is 9.78 Å². The maximum atomic E-state index is 10.6. The molecule has 1 aromatic heterocycles. The van der Waals surface area contributed by atoms with Crippen molar-refractivity contribution in [1.82, 2.24) is 4.98 Å². The normalized spacial score (nSPS) is 9.08. The molecule has 0 aromatic carbocycles. The van der Waals surface area contributed by atoms with Crippen LogP contribution in [0.1, 0.15) is 20.4 Å². The Morgan fingerprint density at radius 1 is 1.77 bits per heavy atom. The zero-order valence-electron chi connectivity index (χ0n) is 6.80. The third-order valence-electron chi connectivity index (χ3n) is 1.25. The lowest BCUT2D eigenvalue weighted by Gasteiger charge is -1.84.